The quantitative estimate of drug-likeness (QED) is 0.0892. The van der Waals surface area contributed by atoms with Gasteiger partial charge in [-0.3, -0.25) is 0 Å². The molecule has 0 saturated carbocycles. The topological polar surface area (TPSA) is 11.4 Å². The Labute approximate surface area is 528 Å². The van der Waals surface area contributed by atoms with Crippen LogP contribution in [0.15, 0.2) is 364 Å². The van der Waals surface area contributed by atoms with Gasteiger partial charge in [0.05, 0.1) is 16.7 Å². The molecule has 2 aliphatic rings. The minimum atomic E-state index is -2.87. The van der Waals surface area contributed by atoms with E-state index in [4.69, 9.17) is 0 Å². The molecule has 0 aliphatic carbocycles. The van der Waals surface area contributed by atoms with Crippen LogP contribution in [0, 0.1) is 0 Å². The van der Waals surface area contributed by atoms with Crippen LogP contribution in [0.25, 0.3) is 38.6 Å². The summed E-state index contributed by atoms with van der Waals surface area (Å²) < 4.78 is 2.51. The van der Waals surface area contributed by atoms with Gasteiger partial charge in [0.2, 0.25) is 0 Å². The number of nitrogens with zero attached hydrogens (tertiary/aromatic N) is 3. The molecule has 2 aliphatic heterocycles. The molecular weight excluding hydrogens is 1120 g/mol. The van der Waals surface area contributed by atoms with Crippen LogP contribution in [0.1, 0.15) is 0 Å². The summed E-state index contributed by atoms with van der Waals surface area (Å²) >= 11 is 0. The molecule has 0 radical (unpaired) electrons. The highest BCUT2D eigenvalue weighted by atomic mass is 28.3. The monoisotopic (exact) mass is 1180 g/mol. The van der Waals surface area contributed by atoms with Crippen LogP contribution < -0.4 is 67.7 Å². The number of rotatable bonds is 12. The van der Waals surface area contributed by atoms with Gasteiger partial charge in [0.25, 0.3) is 6.71 Å². The second kappa shape index (κ2) is 22.0. The summed E-state index contributed by atoms with van der Waals surface area (Å²) in [5, 5.41) is 13.2. The van der Waals surface area contributed by atoms with Crippen molar-refractivity contribution in [2.45, 2.75) is 0 Å². The first-order chi connectivity index (χ1) is 44.7. The molecule has 3 heterocycles. The molecule has 0 fully saturated rings. The zero-order valence-corrected chi connectivity index (χ0v) is 51.6. The molecule has 0 saturated heterocycles. The molecule has 15 aromatic rings. The predicted molar refractivity (Wildman–Crippen MR) is 387 cm³/mol. The maximum absolute atomic E-state index is 2.87. The second-order valence-electron chi connectivity index (χ2n) is 23.9. The van der Waals surface area contributed by atoms with Crippen LogP contribution in [0.3, 0.4) is 0 Å². The SMILES string of the molecule is c1ccc(-c2ccc3c(c2)N(c2ccc([Si](c4ccccc4)(c4ccccc4)c4ccccc4)cc2)c2cc(-n4c5ccccc5c5ccccc54)cc4c2B3c2ccccc2N4c2ccc([Si](c3ccccc3)(c3ccccc3)c3ccccc3)cc2)cc1. The number of hydrogen-bond donors (Lipinski definition) is 0. The van der Waals surface area contributed by atoms with Gasteiger partial charge in [0, 0.05) is 44.9 Å². The number of hydrogen-bond acceptors (Lipinski definition) is 2. The molecule has 0 spiro atoms. The van der Waals surface area contributed by atoms with Crippen molar-refractivity contribution in [2.75, 3.05) is 9.80 Å². The van der Waals surface area contributed by atoms with Crippen molar-refractivity contribution in [3.8, 4) is 16.8 Å². The average molecular weight is 1180 g/mol. The van der Waals surface area contributed by atoms with Gasteiger partial charge in [0.15, 0.2) is 16.1 Å². The number of anilines is 6. The lowest BCUT2D eigenvalue weighted by Crippen LogP contribution is -2.74. The highest BCUT2D eigenvalue weighted by Gasteiger charge is 2.46. The third-order valence-electron chi connectivity index (χ3n) is 19.3. The van der Waals surface area contributed by atoms with Gasteiger partial charge < -0.3 is 14.4 Å². The zero-order valence-electron chi connectivity index (χ0n) is 49.6. The molecular formula is C84H60BN3Si2. The molecule has 422 valence electrons. The lowest BCUT2D eigenvalue weighted by Gasteiger charge is -2.44. The Hall–Kier alpha value is -11.0. The van der Waals surface area contributed by atoms with Gasteiger partial charge in [-0.05, 0) is 130 Å². The Morgan fingerprint density at radius 1 is 0.222 bits per heavy atom. The van der Waals surface area contributed by atoms with Gasteiger partial charge in [-0.15, -0.1) is 0 Å². The minimum Gasteiger partial charge on any atom is -0.311 e. The number of aromatic nitrogens is 1. The molecule has 0 bridgehead atoms. The number of fused-ring (bicyclic) bond motifs is 7. The van der Waals surface area contributed by atoms with E-state index in [-0.39, 0.29) is 6.71 Å². The third kappa shape index (κ3) is 8.33. The molecule has 14 aromatic carbocycles. The normalized spacial score (nSPS) is 12.6. The first-order valence-corrected chi connectivity index (χ1v) is 35.3. The van der Waals surface area contributed by atoms with Crippen LogP contribution in [0.2, 0.25) is 0 Å². The van der Waals surface area contributed by atoms with Crippen molar-refractivity contribution in [3.63, 3.8) is 0 Å². The zero-order chi connectivity index (χ0) is 59.6. The number of para-hydroxylation sites is 3. The van der Waals surface area contributed by atoms with E-state index in [1.807, 2.05) is 0 Å². The predicted octanol–water partition coefficient (Wildman–Crippen LogP) is 13.3. The fraction of sp³-hybridized carbons (Fsp3) is 0. The molecule has 17 rings (SSSR count). The van der Waals surface area contributed by atoms with Gasteiger partial charge in [-0.25, -0.2) is 0 Å². The van der Waals surface area contributed by atoms with E-state index in [0.29, 0.717) is 0 Å². The summed E-state index contributed by atoms with van der Waals surface area (Å²) in [6.07, 6.45) is 0. The maximum Gasteiger partial charge on any atom is 0.252 e. The van der Waals surface area contributed by atoms with Crippen LogP contribution in [-0.2, 0) is 0 Å². The van der Waals surface area contributed by atoms with E-state index in [0.717, 1.165) is 28.4 Å². The summed E-state index contributed by atoms with van der Waals surface area (Å²) in [5.41, 5.74) is 16.5. The minimum absolute atomic E-state index is 0.0899. The van der Waals surface area contributed by atoms with E-state index in [9.17, 15) is 0 Å². The standard InChI is InChI=1S/C84H60BN3Si2/c1-8-28-61(29-9-1)62-48-57-77-81(58-62)87(64-51-55-73(56-52-64)90(69-36-16-5-17-37-69,70-38-18-6-19-39-70)71-40-20-7-21-41-71)83-60-65(88-78-45-25-22-42-74(78)75-43-23-26-46-79(75)88)59-82-84(83)85(77)76-44-24-27-47-80(76)86(82)63-49-53-72(54-50-63)89(66-30-10-2-11-31-66,67-32-12-3-13-33-67)68-34-14-4-15-35-68/h1-60H. The Morgan fingerprint density at radius 3 is 0.978 bits per heavy atom. The van der Waals surface area contributed by atoms with Crippen LogP contribution in [0.5, 0.6) is 0 Å². The first kappa shape index (κ1) is 53.2. The molecule has 3 nitrogen and oxygen atoms in total. The van der Waals surface area contributed by atoms with Gasteiger partial charge in [-0.1, -0.05) is 303 Å². The summed E-state index contributed by atoms with van der Waals surface area (Å²) in [5.74, 6) is 0. The summed E-state index contributed by atoms with van der Waals surface area (Å²) in [4.78, 5) is 5.18. The molecule has 0 atom stereocenters. The number of benzene rings is 14. The largest absolute Gasteiger partial charge is 0.311 e. The van der Waals surface area contributed by atoms with Crippen molar-refractivity contribution in [3.05, 3.63) is 364 Å². The van der Waals surface area contributed by atoms with Gasteiger partial charge in [-0.2, -0.15) is 0 Å². The van der Waals surface area contributed by atoms with E-state index in [1.165, 1.54) is 102 Å². The van der Waals surface area contributed by atoms with Crippen molar-refractivity contribution in [1.29, 1.82) is 0 Å². The summed E-state index contributed by atoms with van der Waals surface area (Å²) in [7, 11) is -5.72. The maximum atomic E-state index is 2.60. The van der Waals surface area contributed by atoms with E-state index >= 15 is 0 Å². The van der Waals surface area contributed by atoms with E-state index < -0.39 is 16.1 Å². The van der Waals surface area contributed by atoms with Gasteiger partial charge in [0.1, 0.15) is 0 Å². The molecule has 90 heavy (non-hydrogen) atoms. The first-order valence-electron chi connectivity index (χ1n) is 31.3. The van der Waals surface area contributed by atoms with Crippen molar-refractivity contribution in [2.24, 2.45) is 0 Å². The average Bonchev–Trinajstić information content (AvgIpc) is 0.814. The summed E-state index contributed by atoms with van der Waals surface area (Å²) in [6.45, 7) is -0.0899. The highest BCUT2D eigenvalue weighted by Crippen LogP contribution is 2.47. The summed E-state index contributed by atoms with van der Waals surface area (Å²) in [6, 6.07) is 137. The van der Waals surface area contributed by atoms with Crippen molar-refractivity contribution < 1.29 is 0 Å². The van der Waals surface area contributed by atoms with Gasteiger partial charge >= 0.3 is 0 Å². The highest BCUT2D eigenvalue weighted by molar-refractivity contribution is 7.20. The van der Waals surface area contributed by atoms with Crippen LogP contribution in [-0.4, -0.2) is 27.4 Å². The Morgan fingerprint density at radius 2 is 0.556 bits per heavy atom. The van der Waals surface area contributed by atoms with E-state index in [1.54, 1.807) is 0 Å². The Kier molecular flexibility index (Phi) is 13.0. The molecule has 1 aromatic heterocycles. The molecule has 0 amide bonds. The van der Waals surface area contributed by atoms with Crippen LogP contribution >= 0.6 is 0 Å². The van der Waals surface area contributed by atoms with E-state index in [2.05, 4.69) is 378 Å². The lowest BCUT2D eigenvalue weighted by atomic mass is 9.33. The molecule has 6 heteroatoms. The second-order valence-corrected chi connectivity index (χ2v) is 31.5. The molecule has 0 N–H and O–H groups in total. The Balaban J connectivity index is 0.938. The lowest BCUT2D eigenvalue weighted by molar-refractivity contribution is 1.16. The van der Waals surface area contributed by atoms with Crippen molar-refractivity contribution in [1.82, 2.24) is 4.57 Å². The molecule has 0 unspecified atom stereocenters. The van der Waals surface area contributed by atoms with Crippen molar-refractivity contribution >= 4 is 137 Å². The fourth-order valence-corrected chi connectivity index (χ4v) is 25.0. The fourth-order valence-electron chi connectivity index (χ4n) is 15.5. The van der Waals surface area contributed by atoms with Crippen LogP contribution in [0.4, 0.5) is 34.1 Å². The smallest absolute Gasteiger partial charge is 0.252 e. The third-order valence-corrected chi connectivity index (χ3v) is 28.9. The Bertz CT molecular complexity index is 4860.